The van der Waals surface area contributed by atoms with Gasteiger partial charge in [-0.3, -0.25) is 0 Å². The van der Waals surface area contributed by atoms with E-state index in [-0.39, 0.29) is 0 Å². The number of rotatable bonds is 20. The van der Waals surface area contributed by atoms with E-state index in [0.717, 1.165) is 48.7 Å². The summed E-state index contributed by atoms with van der Waals surface area (Å²) in [5.41, 5.74) is 1.95. The van der Waals surface area contributed by atoms with E-state index in [1.807, 2.05) is 0 Å². The second-order valence-corrected chi connectivity index (χ2v) is 40.6. The molecule has 0 spiro atoms. The Kier molecular flexibility index (Phi) is 20.8. The molecule has 0 aromatic heterocycles. The summed E-state index contributed by atoms with van der Waals surface area (Å²) in [5, 5.41) is 0. The topological polar surface area (TPSA) is 18.5 Å². The average Bonchev–Trinajstić information content (AvgIpc) is 2.88. The van der Waals surface area contributed by atoms with Crippen molar-refractivity contribution >= 4 is 36.8 Å². The molecule has 0 aliphatic heterocycles. The van der Waals surface area contributed by atoms with Crippen molar-refractivity contribution in [2.45, 2.75) is 146 Å². The van der Waals surface area contributed by atoms with Gasteiger partial charge in [0, 0.05) is 0 Å². The minimum atomic E-state index is -2.27. The summed E-state index contributed by atoms with van der Waals surface area (Å²) >= 11 is -4.54. The molecule has 0 aliphatic rings. The van der Waals surface area contributed by atoms with E-state index in [1.54, 1.807) is 0 Å². The van der Waals surface area contributed by atoms with E-state index in [9.17, 15) is 0 Å². The van der Waals surface area contributed by atoms with Gasteiger partial charge in [-0.25, -0.2) is 0 Å². The van der Waals surface area contributed by atoms with E-state index >= 15 is 0 Å². The Morgan fingerprint density at radius 2 is 0.775 bits per heavy atom. The van der Waals surface area contributed by atoms with Crippen LogP contribution in [-0.2, 0) is 0 Å². The Hall–Kier alpha value is -0.463. The first-order valence-electron chi connectivity index (χ1n) is 16.6. The van der Waals surface area contributed by atoms with Gasteiger partial charge in [0.15, 0.2) is 0 Å². The van der Waals surface area contributed by atoms with Crippen LogP contribution >= 0.6 is 0 Å². The molecule has 0 radical (unpaired) electrons. The van der Waals surface area contributed by atoms with Crippen molar-refractivity contribution in [3.63, 3.8) is 0 Å². The van der Waals surface area contributed by atoms with Gasteiger partial charge in [0.25, 0.3) is 0 Å². The number of ether oxygens (including phenoxy) is 2. The molecule has 40 heavy (non-hydrogen) atoms. The van der Waals surface area contributed by atoms with Crippen LogP contribution in [0.1, 0.15) is 128 Å². The molecule has 0 saturated carbocycles. The quantitative estimate of drug-likeness (QED) is 0.0748. The van der Waals surface area contributed by atoms with Gasteiger partial charge >= 0.3 is 221 Å². The molecule has 1 rings (SSSR count). The second-order valence-electron chi connectivity index (χ2n) is 13.5. The average molecular weight is 764 g/mol. The van der Waals surface area contributed by atoms with Crippen LogP contribution in [0, 0.1) is 19.7 Å². The minimum absolute atomic E-state index is 0.742. The Morgan fingerprint density at radius 3 is 1.07 bits per heavy atom. The molecule has 0 heterocycles. The molecule has 0 saturated heterocycles. The number of unbranched alkanes of at least 4 members (excludes halogenated alkanes) is 14. The fourth-order valence-corrected chi connectivity index (χ4v) is 7.25. The summed E-state index contributed by atoms with van der Waals surface area (Å²) < 4.78 is 20.0. The molecule has 1 aromatic rings. The molecule has 1 aromatic carbocycles. The molecule has 0 aliphatic carbocycles. The van der Waals surface area contributed by atoms with E-state index in [4.69, 9.17) is 9.47 Å². The van der Waals surface area contributed by atoms with Crippen molar-refractivity contribution in [3.05, 3.63) is 23.3 Å². The maximum atomic E-state index is 6.39. The molecule has 0 atom stereocenters. The van der Waals surface area contributed by atoms with E-state index in [1.165, 1.54) is 89.9 Å². The van der Waals surface area contributed by atoms with Crippen molar-refractivity contribution < 1.29 is 9.47 Å². The molecule has 2 nitrogen and oxygen atoms in total. The van der Waals surface area contributed by atoms with E-state index in [2.05, 4.69) is 75.3 Å². The fourth-order valence-electron chi connectivity index (χ4n) is 4.34. The third kappa shape index (κ3) is 20.4. The Balaban J connectivity index is 2.94. The first-order valence-corrected chi connectivity index (χ1v) is 36.5. The first-order chi connectivity index (χ1) is 19.1. The molecule has 0 unspecified atom stereocenters. The van der Waals surface area contributed by atoms with Gasteiger partial charge in [-0.05, 0) is 0 Å². The van der Waals surface area contributed by atoms with Crippen LogP contribution in [0.25, 0.3) is 0 Å². The number of hydrogen-bond donors (Lipinski definition) is 0. The van der Waals surface area contributed by atoms with Crippen molar-refractivity contribution in [2.24, 2.45) is 0 Å². The Bertz CT molecular complexity index is 854. The van der Waals surface area contributed by atoms with Crippen LogP contribution in [-0.4, -0.2) is 50.0 Å². The predicted octanol–water partition coefficient (Wildman–Crippen LogP) is 11.2. The van der Waals surface area contributed by atoms with Crippen LogP contribution in [0.4, 0.5) is 0 Å². The van der Waals surface area contributed by atoms with E-state index < -0.39 is 36.8 Å². The third-order valence-electron chi connectivity index (χ3n) is 6.74. The maximum absolute atomic E-state index is 6.39. The molecule has 0 N–H and O–H groups in total. The van der Waals surface area contributed by atoms with Gasteiger partial charge in [-0.1, -0.05) is 39.5 Å². The van der Waals surface area contributed by atoms with Crippen LogP contribution in [0.5, 0.6) is 11.5 Å². The molecular weight excluding hydrogens is 702 g/mol. The van der Waals surface area contributed by atoms with Gasteiger partial charge in [0.2, 0.25) is 0 Å². The molecule has 226 valence electrons. The SMILES string of the molecule is CCCCCCCCCCOc1cc(C#[C][Sn]([CH3])([CH3])[CH3])c(OCCCCCCCCCC)cc1C#[C][Sn]([CH3])([CH3])[CH3]. The molecule has 4 heteroatoms. The number of benzene rings is 1. The Labute approximate surface area is 258 Å². The van der Waals surface area contributed by atoms with Crippen molar-refractivity contribution in [1.29, 1.82) is 0 Å². The zero-order valence-electron chi connectivity index (χ0n) is 27.7. The van der Waals surface area contributed by atoms with Crippen molar-refractivity contribution in [3.8, 4) is 31.2 Å². The third-order valence-corrected chi connectivity index (χ3v) is 11.7. The second kappa shape index (κ2) is 22.1. The van der Waals surface area contributed by atoms with Crippen molar-refractivity contribution in [2.75, 3.05) is 13.2 Å². The normalized spacial score (nSPS) is 11.4. The van der Waals surface area contributed by atoms with Gasteiger partial charge < -0.3 is 0 Å². The predicted molar refractivity (Wildman–Crippen MR) is 183 cm³/mol. The molecule has 0 bridgehead atoms. The number of hydrogen-bond acceptors (Lipinski definition) is 2. The molecule has 0 fully saturated rings. The van der Waals surface area contributed by atoms with Crippen LogP contribution < -0.4 is 9.47 Å². The summed E-state index contributed by atoms with van der Waals surface area (Å²) in [6, 6.07) is 4.25. The van der Waals surface area contributed by atoms with Gasteiger partial charge in [-0.15, -0.1) is 0 Å². The van der Waals surface area contributed by atoms with Crippen LogP contribution in [0.2, 0.25) is 29.6 Å². The van der Waals surface area contributed by atoms with E-state index in [0.29, 0.717) is 0 Å². The fraction of sp³-hybridized carbons (Fsp3) is 0.722. The van der Waals surface area contributed by atoms with Crippen LogP contribution in [0.3, 0.4) is 0 Å². The van der Waals surface area contributed by atoms with Gasteiger partial charge in [-0.2, -0.15) is 0 Å². The first kappa shape index (κ1) is 37.6. The Morgan fingerprint density at radius 1 is 0.475 bits per heavy atom. The summed E-state index contributed by atoms with van der Waals surface area (Å²) in [7, 11) is 0. The standard InChI is InChI=1S/C30H44O2.6CH3.2Sn/c1-5-9-11-13-15-17-19-21-23-31-29-25-28(8-4)30(26-27(29)7-3)32-24-22-20-18-16-14-12-10-6-2;;;;;;;;/h25-26H,5-6,9-24H2,1-2H3;6*1H3;;. The summed E-state index contributed by atoms with van der Waals surface area (Å²) in [5.74, 6) is 8.80. The summed E-state index contributed by atoms with van der Waals surface area (Å²) in [6.07, 6.45) is 20.8. The van der Waals surface area contributed by atoms with Crippen molar-refractivity contribution in [1.82, 2.24) is 0 Å². The van der Waals surface area contributed by atoms with Crippen LogP contribution in [0.15, 0.2) is 12.1 Å². The summed E-state index contributed by atoms with van der Waals surface area (Å²) in [4.78, 5) is 14.2. The van der Waals surface area contributed by atoms with Gasteiger partial charge in [0.1, 0.15) is 0 Å². The zero-order chi connectivity index (χ0) is 29.7. The summed E-state index contributed by atoms with van der Waals surface area (Å²) in [6.45, 7) is 6.04. The van der Waals surface area contributed by atoms with Gasteiger partial charge in [0.05, 0.1) is 0 Å². The molecule has 0 amide bonds. The zero-order valence-corrected chi connectivity index (χ0v) is 33.4. The molecular formula is C36H62O2Sn2. The monoisotopic (exact) mass is 766 g/mol.